The molecule has 12 heavy (non-hydrogen) atoms. The summed E-state index contributed by atoms with van der Waals surface area (Å²) in [5.74, 6) is 4.86. The van der Waals surface area contributed by atoms with Gasteiger partial charge in [0.25, 0.3) is 5.91 Å². The lowest BCUT2D eigenvalue weighted by molar-refractivity contribution is 0.0950. The Balaban J connectivity index is 2.54. The molecule has 1 amide bonds. The third-order valence-corrected chi connectivity index (χ3v) is 1.39. The summed E-state index contributed by atoms with van der Waals surface area (Å²) < 4.78 is 0. The van der Waals surface area contributed by atoms with Crippen molar-refractivity contribution in [1.29, 1.82) is 0 Å². The molecular weight excluding hydrogens is 154 g/mol. The number of carbonyl (C=O) groups excluding carboxylic acids is 1. The van der Waals surface area contributed by atoms with Crippen LogP contribution in [0, 0.1) is 0 Å². The Morgan fingerprint density at radius 3 is 2.58 bits per heavy atom. The molecule has 0 unspecified atom stereocenters. The van der Waals surface area contributed by atoms with Crippen LogP contribution < -0.4 is 16.6 Å². The minimum absolute atomic E-state index is 0.131. The lowest BCUT2D eigenvalue weighted by Crippen LogP contribution is -2.37. The molecule has 64 valence electrons. The van der Waals surface area contributed by atoms with E-state index in [0.717, 1.165) is 0 Å². The van der Waals surface area contributed by atoms with Gasteiger partial charge in [-0.15, -0.1) is 0 Å². The Kier molecular flexibility index (Phi) is 3.25. The first-order chi connectivity index (χ1) is 5.84. The fraction of sp³-hybridized carbons (Fsp3) is 0.125. The van der Waals surface area contributed by atoms with Crippen LogP contribution in [0.15, 0.2) is 30.3 Å². The molecule has 0 saturated carbocycles. The minimum Gasteiger partial charge on any atom is -0.338 e. The van der Waals surface area contributed by atoms with Crippen molar-refractivity contribution in [3.8, 4) is 0 Å². The number of hydrogen-bond acceptors (Lipinski definition) is 3. The molecule has 0 spiro atoms. The number of amides is 1. The maximum atomic E-state index is 11.2. The summed E-state index contributed by atoms with van der Waals surface area (Å²) in [5, 5.41) is 2.57. The molecule has 1 aromatic rings. The lowest BCUT2D eigenvalue weighted by Gasteiger charge is -2.02. The summed E-state index contributed by atoms with van der Waals surface area (Å²) in [7, 11) is 0. The van der Waals surface area contributed by atoms with Crippen LogP contribution in [-0.4, -0.2) is 12.6 Å². The second-order valence-corrected chi connectivity index (χ2v) is 2.25. The van der Waals surface area contributed by atoms with Crippen LogP contribution in [0.4, 0.5) is 0 Å². The van der Waals surface area contributed by atoms with E-state index in [1.165, 1.54) is 0 Å². The number of rotatable bonds is 3. The molecule has 4 heteroatoms. The molecule has 0 atom stereocenters. The van der Waals surface area contributed by atoms with E-state index in [-0.39, 0.29) is 12.6 Å². The highest BCUT2D eigenvalue weighted by Crippen LogP contribution is 1.96. The van der Waals surface area contributed by atoms with Gasteiger partial charge in [0, 0.05) is 5.56 Å². The van der Waals surface area contributed by atoms with Crippen molar-refractivity contribution in [3.63, 3.8) is 0 Å². The van der Waals surface area contributed by atoms with Crippen molar-refractivity contribution < 1.29 is 4.79 Å². The van der Waals surface area contributed by atoms with Gasteiger partial charge >= 0.3 is 0 Å². The fourth-order valence-electron chi connectivity index (χ4n) is 0.823. The van der Waals surface area contributed by atoms with Crippen molar-refractivity contribution in [2.75, 3.05) is 6.67 Å². The normalized spacial score (nSPS) is 9.42. The summed E-state index contributed by atoms with van der Waals surface area (Å²) in [6.07, 6.45) is 0. The van der Waals surface area contributed by atoms with E-state index < -0.39 is 0 Å². The first-order valence-electron chi connectivity index (χ1n) is 3.61. The molecule has 0 fully saturated rings. The Bertz CT molecular complexity index is 248. The van der Waals surface area contributed by atoms with Crippen molar-refractivity contribution in [2.45, 2.75) is 0 Å². The van der Waals surface area contributed by atoms with Gasteiger partial charge in [0.05, 0.1) is 6.67 Å². The molecule has 0 aliphatic carbocycles. The monoisotopic (exact) mass is 165 g/mol. The first-order valence-corrected chi connectivity index (χ1v) is 3.61. The maximum Gasteiger partial charge on any atom is 0.252 e. The van der Waals surface area contributed by atoms with E-state index in [1.54, 1.807) is 12.1 Å². The van der Waals surface area contributed by atoms with Crippen molar-refractivity contribution in [2.24, 2.45) is 5.84 Å². The van der Waals surface area contributed by atoms with Gasteiger partial charge in [-0.25, -0.2) is 5.43 Å². The second-order valence-electron chi connectivity index (χ2n) is 2.25. The van der Waals surface area contributed by atoms with Crippen LogP contribution in [-0.2, 0) is 0 Å². The van der Waals surface area contributed by atoms with Crippen molar-refractivity contribution in [1.82, 2.24) is 10.7 Å². The number of hydrogen-bond donors (Lipinski definition) is 3. The molecule has 0 aliphatic heterocycles. The SMILES string of the molecule is NNCNC(=O)c1ccccc1. The summed E-state index contributed by atoms with van der Waals surface area (Å²) in [6, 6.07) is 8.96. The highest BCUT2D eigenvalue weighted by Gasteiger charge is 2.00. The van der Waals surface area contributed by atoms with Crippen LogP contribution in [0.3, 0.4) is 0 Å². The van der Waals surface area contributed by atoms with Crippen LogP contribution in [0.25, 0.3) is 0 Å². The van der Waals surface area contributed by atoms with Crippen LogP contribution in [0.1, 0.15) is 10.4 Å². The van der Waals surface area contributed by atoms with Crippen LogP contribution in [0.2, 0.25) is 0 Å². The average Bonchev–Trinajstić information content (AvgIpc) is 2.15. The van der Waals surface area contributed by atoms with Gasteiger partial charge in [-0.05, 0) is 12.1 Å². The third kappa shape index (κ3) is 2.34. The van der Waals surface area contributed by atoms with Gasteiger partial charge in [-0.3, -0.25) is 10.6 Å². The van der Waals surface area contributed by atoms with Crippen LogP contribution in [0.5, 0.6) is 0 Å². The van der Waals surface area contributed by atoms with Gasteiger partial charge in [-0.2, -0.15) is 0 Å². The number of nitrogens with two attached hydrogens (primary N) is 1. The molecule has 0 bridgehead atoms. The third-order valence-electron chi connectivity index (χ3n) is 1.39. The average molecular weight is 165 g/mol. The largest absolute Gasteiger partial charge is 0.338 e. The molecule has 0 aromatic heterocycles. The molecule has 1 aromatic carbocycles. The lowest BCUT2D eigenvalue weighted by atomic mass is 10.2. The molecule has 4 nitrogen and oxygen atoms in total. The smallest absolute Gasteiger partial charge is 0.252 e. The highest BCUT2D eigenvalue weighted by molar-refractivity contribution is 5.93. The molecule has 1 rings (SSSR count). The predicted octanol–water partition coefficient (Wildman–Crippen LogP) is -0.163. The van der Waals surface area contributed by atoms with E-state index in [2.05, 4.69) is 10.7 Å². The summed E-state index contributed by atoms with van der Waals surface area (Å²) in [5.41, 5.74) is 2.97. The van der Waals surface area contributed by atoms with E-state index in [9.17, 15) is 4.79 Å². The first kappa shape index (κ1) is 8.70. The highest BCUT2D eigenvalue weighted by atomic mass is 16.1. The van der Waals surface area contributed by atoms with Crippen LogP contribution >= 0.6 is 0 Å². The molecule has 0 saturated heterocycles. The zero-order chi connectivity index (χ0) is 8.81. The fourth-order valence-corrected chi connectivity index (χ4v) is 0.823. The predicted molar refractivity (Wildman–Crippen MR) is 46.1 cm³/mol. The van der Waals surface area contributed by atoms with E-state index in [1.807, 2.05) is 18.2 Å². The zero-order valence-corrected chi connectivity index (χ0v) is 6.58. The van der Waals surface area contributed by atoms with E-state index in [0.29, 0.717) is 5.56 Å². The van der Waals surface area contributed by atoms with Gasteiger partial charge in [0.15, 0.2) is 0 Å². The Morgan fingerprint density at radius 1 is 1.33 bits per heavy atom. The summed E-state index contributed by atoms with van der Waals surface area (Å²) >= 11 is 0. The molecular formula is C8H11N3O. The summed E-state index contributed by atoms with van der Waals surface area (Å²) in [4.78, 5) is 11.2. The summed E-state index contributed by atoms with van der Waals surface area (Å²) in [6.45, 7) is 0.272. The van der Waals surface area contributed by atoms with Crippen molar-refractivity contribution in [3.05, 3.63) is 35.9 Å². The Hall–Kier alpha value is -1.39. The van der Waals surface area contributed by atoms with Gasteiger partial charge in [0.1, 0.15) is 0 Å². The molecule has 0 aliphatic rings. The molecule has 0 heterocycles. The van der Waals surface area contributed by atoms with Gasteiger partial charge in [0.2, 0.25) is 0 Å². The number of benzene rings is 1. The number of nitrogens with one attached hydrogen (secondary N) is 2. The topological polar surface area (TPSA) is 67.2 Å². The maximum absolute atomic E-state index is 11.2. The molecule has 4 N–H and O–H groups in total. The van der Waals surface area contributed by atoms with Crippen molar-refractivity contribution >= 4 is 5.91 Å². The second kappa shape index (κ2) is 4.48. The Labute approximate surface area is 70.7 Å². The Morgan fingerprint density at radius 2 is 2.00 bits per heavy atom. The number of carbonyl (C=O) groups is 1. The standard InChI is InChI=1S/C8H11N3O/c9-11-6-10-8(12)7-4-2-1-3-5-7/h1-5,11H,6,9H2,(H,10,12). The van der Waals surface area contributed by atoms with E-state index >= 15 is 0 Å². The quantitative estimate of drug-likeness (QED) is 0.331. The van der Waals surface area contributed by atoms with E-state index in [4.69, 9.17) is 5.84 Å². The van der Waals surface area contributed by atoms with Gasteiger partial charge < -0.3 is 5.32 Å². The minimum atomic E-state index is -0.131. The molecule has 0 radical (unpaired) electrons. The number of hydrazine groups is 1. The van der Waals surface area contributed by atoms with Gasteiger partial charge in [-0.1, -0.05) is 18.2 Å². The zero-order valence-electron chi connectivity index (χ0n) is 6.58.